The van der Waals surface area contributed by atoms with Crippen LogP contribution in [-0.2, 0) is 0 Å². The van der Waals surface area contributed by atoms with E-state index in [1.807, 2.05) is 25.1 Å². The van der Waals surface area contributed by atoms with Gasteiger partial charge in [-0.05, 0) is 48.9 Å². The van der Waals surface area contributed by atoms with Crippen molar-refractivity contribution in [2.45, 2.75) is 6.92 Å². The van der Waals surface area contributed by atoms with Gasteiger partial charge in [0.15, 0.2) is 0 Å². The minimum absolute atomic E-state index is 0.377. The van der Waals surface area contributed by atoms with Crippen LogP contribution in [0.1, 0.15) is 15.9 Å². The summed E-state index contributed by atoms with van der Waals surface area (Å²) in [5.41, 5.74) is 14.5. The average Bonchev–Trinajstić information content (AvgIpc) is 2.34. The first-order valence-corrected chi connectivity index (χ1v) is 6.49. The summed E-state index contributed by atoms with van der Waals surface area (Å²) in [5.74, 6) is -0.510. The van der Waals surface area contributed by atoms with Crippen molar-refractivity contribution in [1.82, 2.24) is 0 Å². The van der Waals surface area contributed by atoms with E-state index in [0.29, 0.717) is 16.9 Å². The van der Waals surface area contributed by atoms with Gasteiger partial charge in [0.25, 0.3) is 5.91 Å². The zero-order chi connectivity index (χ0) is 14.0. The molecular formula is C14H14BrN3O. The molecule has 0 fully saturated rings. The molecule has 5 N–H and O–H groups in total. The molecule has 4 nitrogen and oxygen atoms in total. The fraction of sp³-hybridized carbons (Fsp3) is 0.0714. The minimum atomic E-state index is -0.510. The van der Waals surface area contributed by atoms with E-state index in [9.17, 15) is 4.79 Å². The maximum atomic E-state index is 11.4. The topological polar surface area (TPSA) is 81.1 Å². The van der Waals surface area contributed by atoms with E-state index >= 15 is 0 Å². The molecule has 1 amide bonds. The Morgan fingerprint density at radius 1 is 1.16 bits per heavy atom. The molecule has 0 aliphatic rings. The maximum Gasteiger partial charge on any atom is 0.250 e. The highest BCUT2D eigenvalue weighted by atomic mass is 79.9. The molecule has 0 aliphatic carbocycles. The summed E-state index contributed by atoms with van der Waals surface area (Å²) in [6.07, 6.45) is 0. The van der Waals surface area contributed by atoms with E-state index < -0.39 is 5.91 Å². The lowest BCUT2D eigenvalue weighted by Gasteiger charge is -2.13. The van der Waals surface area contributed by atoms with Crippen molar-refractivity contribution in [3.05, 3.63) is 52.0 Å². The second-order valence-electron chi connectivity index (χ2n) is 4.25. The summed E-state index contributed by atoms with van der Waals surface area (Å²) in [4.78, 5) is 11.4. The van der Waals surface area contributed by atoms with E-state index in [1.165, 1.54) is 0 Å². The predicted molar refractivity (Wildman–Crippen MR) is 81.5 cm³/mol. The number of benzene rings is 2. The van der Waals surface area contributed by atoms with Gasteiger partial charge in [0, 0.05) is 15.8 Å². The number of nitrogens with two attached hydrogens (primary N) is 2. The molecular weight excluding hydrogens is 306 g/mol. The monoisotopic (exact) mass is 319 g/mol. The lowest BCUT2D eigenvalue weighted by Crippen LogP contribution is -2.14. The molecule has 0 unspecified atom stereocenters. The van der Waals surface area contributed by atoms with Crippen molar-refractivity contribution >= 4 is 38.9 Å². The number of nitrogen functional groups attached to an aromatic ring is 1. The van der Waals surface area contributed by atoms with Crippen LogP contribution in [-0.4, -0.2) is 5.91 Å². The number of carbonyl (C=O) groups is 1. The standard InChI is InChI=1S/C14H14BrN3O/c1-8-6-9(15)2-4-12(8)18-13-5-3-10(16)7-11(13)14(17)19/h2-7,18H,16H2,1H3,(H2,17,19). The smallest absolute Gasteiger partial charge is 0.250 e. The van der Waals surface area contributed by atoms with Crippen LogP contribution in [0, 0.1) is 6.92 Å². The Morgan fingerprint density at radius 3 is 2.47 bits per heavy atom. The van der Waals surface area contributed by atoms with Crippen LogP contribution in [0.25, 0.3) is 0 Å². The number of hydrogen-bond donors (Lipinski definition) is 3. The van der Waals surface area contributed by atoms with Gasteiger partial charge in [-0.1, -0.05) is 15.9 Å². The van der Waals surface area contributed by atoms with Gasteiger partial charge in [-0.25, -0.2) is 0 Å². The highest BCUT2D eigenvalue weighted by Crippen LogP contribution is 2.26. The second kappa shape index (κ2) is 5.32. The van der Waals surface area contributed by atoms with Crippen molar-refractivity contribution in [2.24, 2.45) is 5.73 Å². The average molecular weight is 320 g/mol. The van der Waals surface area contributed by atoms with Crippen molar-refractivity contribution in [3.8, 4) is 0 Å². The molecule has 2 aromatic carbocycles. The molecule has 0 saturated heterocycles. The summed E-state index contributed by atoms with van der Waals surface area (Å²) in [7, 11) is 0. The van der Waals surface area contributed by atoms with Gasteiger partial charge in [0.1, 0.15) is 0 Å². The van der Waals surface area contributed by atoms with E-state index in [0.717, 1.165) is 15.7 Å². The van der Waals surface area contributed by atoms with Gasteiger partial charge in [-0.15, -0.1) is 0 Å². The molecule has 5 heteroatoms. The molecule has 0 aromatic heterocycles. The lowest BCUT2D eigenvalue weighted by atomic mass is 10.1. The van der Waals surface area contributed by atoms with Crippen LogP contribution in [0.3, 0.4) is 0 Å². The number of hydrogen-bond acceptors (Lipinski definition) is 3. The van der Waals surface area contributed by atoms with E-state index in [4.69, 9.17) is 11.5 Å². The van der Waals surface area contributed by atoms with E-state index in [2.05, 4.69) is 21.2 Å². The van der Waals surface area contributed by atoms with E-state index in [-0.39, 0.29) is 0 Å². The summed E-state index contributed by atoms with van der Waals surface area (Å²) in [6, 6.07) is 10.9. The van der Waals surface area contributed by atoms with Crippen LogP contribution in [0.4, 0.5) is 17.1 Å². The third kappa shape index (κ3) is 3.06. The summed E-state index contributed by atoms with van der Waals surface area (Å²) in [6.45, 7) is 1.98. The Labute approximate surface area is 119 Å². The lowest BCUT2D eigenvalue weighted by molar-refractivity contribution is 0.100. The number of carbonyl (C=O) groups excluding carboxylic acids is 1. The number of primary amides is 1. The zero-order valence-corrected chi connectivity index (χ0v) is 12.0. The molecule has 0 bridgehead atoms. The minimum Gasteiger partial charge on any atom is -0.399 e. The van der Waals surface area contributed by atoms with Crippen molar-refractivity contribution in [3.63, 3.8) is 0 Å². The Balaban J connectivity index is 2.40. The predicted octanol–water partition coefficient (Wildman–Crippen LogP) is 3.18. The summed E-state index contributed by atoms with van der Waals surface area (Å²) in [5, 5.41) is 3.20. The van der Waals surface area contributed by atoms with Crippen molar-refractivity contribution in [1.29, 1.82) is 0 Å². The molecule has 0 saturated carbocycles. The first kappa shape index (κ1) is 13.4. The number of amides is 1. The van der Waals surface area contributed by atoms with Crippen molar-refractivity contribution in [2.75, 3.05) is 11.1 Å². The van der Waals surface area contributed by atoms with Gasteiger partial charge in [-0.3, -0.25) is 4.79 Å². The van der Waals surface area contributed by atoms with Gasteiger partial charge in [-0.2, -0.15) is 0 Å². The normalized spacial score (nSPS) is 10.2. The van der Waals surface area contributed by atoms with Crippen LogP contribution >= 0.6 is 15.9 Å². The number of anilines is 3. The van der Waals surface area contributed by atoms with Gasteiger partial charge in [0.05, 0.1) is 11.3 Å². The molecule has 0 atom stereocenters. The summed E-state index contributed by atoms with van der Waals surface area (Å²) >= 11 is 3.41. The Bertz CT molecular complexity index is 641. The molecule has 19 heavy (non-hydrogen) atoms. The number of aryl methyl sites for hydroxylation is 1. The molecule has 0 radical (unpaired) electrons. The maximum absolute atomic E-state index is 11.4. The first-order valence-electron chi connectivity index (χ1n) is 5.70. The molecule has 98 valence electrons. The van der Waals surface area contributed by atoms with Crippen LogP contribution in [0.5, 0.6) is 0 Å². The van der Waals surface area contributed by atoms with Crippen molar-refractivity contribution < 1.29 is 4.79 Å². The van der Waals surface area contributed by atoms with Gasteiger partial charge < -0.3 is 16.8 Å². The van der Waals surface area contributed by atoms with Crippen LogP contribution in [0.15, 0.2) is 40.9 Å². The SMILES string of the molecule is Cc1cc(Br)ccc1Nc1ccc(N)cc1C(N)=O. The van der Waals surface area contributed by atoms with Gasteiger partial charge >= 0.3 is 0 Å². The second-order valence-corrected chi connectivity index (χ2v) is 5.17. The van der Waals surface area contributed by atoms with E-state index in [1.54, 1.807) is 18.2 Å². The molecule has 2 rings (SSSR count). The van der Waals surface area contributed by atoms with Crippen LogP contribution in [0.2, 0.25) is 0 Å². The number of nitrogens with one attached hydrogen (secondary N) is 1. The molecule has 0 heterocycles. The third-order valence-electron chi connectivity index (χ3n) is 2.77. The molecule has 0 aliphatic heterocycles. The molecule has 0 spiro atoms. The third-order valence-corrected chi connectivity index (χ3v) is 3.26. The fourth-order valence-electron chi connectivity index (χ4n) is 1.79. The number of halogens is 1. The highest BCUT2D eigenvalue weighted by Gasteiger charge is 2.09. The fourth-order valence-corrected chi connectivity index (χ4v) is 2.26. The Morgan fingerprint density at radius 2 is 1.84 bits per heavy atom. The van der Waals surface area contributed by atoms with Gasteiger partial charge in [0.2, 0.25) is 0 Å². The Hall–Kier alpha value is -2.01. The number of rotatable bonds is 3. The highest BCUT2D eigenvalue weighted by molar-refractivity contribution is 9.10. The first-order chi connectivity index (χ1) is 8.97. The largest absolute Gasteiger partial charge is 0.399 e. The quantitative estimate of drug-likeness (QED) is 0.760. The van der Waals surface area contributed by atoms with Crippen LogP contribution < -0.4 is 16.8 Å². The summed E-state index contributed by atoms with van der Waals surface area (Å²) < 4.78 is 1.00. The molecule has 2 aromatic rings. The zero-order valence-electron chi connectivity index (χ0n) is 10.4. The Kier molecular flexibility index (Phi) is 3.76.